The molecule has 4 rings (SSSR count). The maximum absolute atomic E-state index is 10.1. The molecule has 114 valence electrons. The normalized spacial score (nSPS) is 47.4. The summed E-state index contributed by atoms with van der Waals surface area (Å²) in [6.07, 6.45) is 1.08. The third-order valence-corrected chi connectivity index (χ3v) is 6.56. The van der Waals surface area contributed by atoms with Gasteiger partial charge in [-0.2, -0.15) is 0 Å². The molecule has 3 nitrogen and oxygen atoms in total. The third kappa shape index (κ3) is 1.56. The Morgan fingerprint density at radius 2 is 2.05 bits per heavy atom. The van der Waals surface area contributed by atoms with Gasteiger partial charge >= 0.3 is 0 Å². The zero-order chi connectivity index (χ0) is 14.8. The van der Waals surface area contributed by atoms with Gasteiger partial charge in [-0.25, -0.2) is 0 Å². The number of hydrogen-bond donors (Lipinski definition) is 1. The molecule has 1 saturated heterocycles. The number of hydrogen-bond acceptors (Lipinski definition) is 3. The second-order valence-corrected chi connectivity index (χ2v) is 7.50. The zero-order valence-corrected chi connectivity index (χ0v) is 13.0. The summed E-state index contributed by atoms with van der Waals surface area (Å²) in [5, 5.41) is 10.1. The molecule has 0 aromatic heterocycles. The molecule has 2 fully saturated rings. The third-order valence-electron chi connectivity index (χ3n) is 6.56. The lowest BCUT2D eigenvalue weighted by molar-refractivity contribution is -0.260. The van der Waals surface area contributed by atoms with E-state index in [0.29, 0.717) is 24.4 Å². The van der Waals surface area contributed by atoms with Crippen LogP contribution in [0.5, 0.6) is 5.75 Å². The van der Waals surface area contributed by atoms with Crippen molar-refractivity contribution < 1.29 is 14.6 Å². The summed E-state index contributed by atoms with van der Waals surface area (Å²) >= 11 is 0. The van der Waals surface area contributed by atoms with Crippen molar-refractivity contribution in [3.8, 4) is 5.75 Å². The van der Waals surface area contributed by atoms with Gasteiger partial charge in [-0.1, -0.05) is 32.0 Å². The molecule has 1 aromatic rings. The summed E-state index contributed by atoms with van der Waals surface area (Å²) in [5.41, 5.74) is 0.862. The average molecular weight is 288 g/mol. The van der Waals surface area contributed by atoms with E-state index in [2.05, 4.69) is 39.0 Å². The van der Waals surface area contributed by atoms with E-state index >= 15 is 0 Å². The Hall–Kier alpha value is -1.06. The quantitative estimate of drug-likeness (QED) is 0.862. The Kier molecular flexibility index (Phi) is 2.74. The van der Waals surface area contributed by atoms with Crippen LogP contribution < -0.4 is 4.74 Å². The Morgan fingerprint density at radius 1 is 1.29 bits per heavy atom. The number of benzene rings is 1. The lowest BCUT2D eigenvalue weighted by Gasteiger charge is -2.63. The van der Waals surface area contributed by atoms with E-state index in [1.165, 1.54) is 5.56 Å². The summed E-state index contributed by atoms with van der Waals surface area (Å²) in [7, 11) is 0. The highest BCUT2D eigenvalue weighted by atomic mass is 16.5. The lowest BCUT2D eigenvalue weighted by Crippen LogP contribution is -2.65. The molecule has 2 heterocycles. The van der Waals surface area contributed by atoms with Gasteiger partial charge in [0.15, 0.2) is 0 Å². The van der Waals surface area contributed by atoms with Crippen LogP contribution in [0.1, 0.15) is 38.9 Å². The summed E-state index contributed by atoms with van der Waals surface area (Å²) in [6, 6.07) is 8.26. The molecule has 1 aromatic carbocycles. The van der Waals surface area contributed by atoms with E-state index in [0.717, 1.165) is 12.2 Å². The van der Waals surface area contributed by atoms with Crippen molar-refractivity contribution in [2.45, 2.75) is 38.9 Å². The van der Waals surface area contributed by atoms with Crippen LogP contribution >= 0.6 is 0 Å². The van der Waals surface area contributed by atoms with Gasteiger partial charge in [0.1, 0.15) is 11.4 Å². The van der Waals surface area contributed by atoms with Crippen LogP contribution in [-0.4, -0.2) is 23.9 Å². The average Bonchev–Trinajstić information content (AvgIpc) is 2.46. The van der Waals surface area contributed by atoms with E-state index in [1.54, 1.807) is 0 Å². The minimum absolute atomic E-state index is 0.0992. The first-order valence-corrected chi connectivity index (χ1v) is 8.02. The molecule has 0 amide bonds. The summed E-state index contributed by atoms with van der Waals surface area (Å²) < 4.78 is 12.7. The monoisotopic (exact) mass is 288 g/mol. The molecule has 1 saturated carbocycles. The Labute approximate surface area is 126 Å². The van der Waals surface area contributed by atoms with Gasteiger partial charge in [-0.05, 0) is 31.2 Å². The highest BCUT2D eigenvalue weighted by Gasteiger charge is 2.64. The molecule has 2 bridgehead atoms. The number of rotatable bonds is 1. The van der Waals surface area contributed by atoms with Gasteiger partial charge in [0.2, 0.25) is 0 Å². The molecule has 2 aliphatic heterocycles. The minimum atomic E-state index is -0.197. The summed E-state index contributed by atoms with van der Waals surface area (Å²) in [5.74, 6) is 2.07. The number of aliphatic hydroxyl groups excluding tert-OH is 1. The zero-order valence-electron chi connectivity index (χ0n) is 13.0. The highest BCUT2D eigenvalue weighted by Crippen LogP contribution is 2.63. The maximum atomic E-state index is 10.1. The van der Waals surface area contributed by atoms with Crippen molar-refractivity contribution in [3.05, 3.63) is 29.8 Å². The standard InChI is InChI=1S/C18H24O3/c1-11-8-17(3)15-12(2)18(11,9-19)10-20-16(15)13-6-4-5-7-14(13)21-17/h4-7,11-12,15-16,19H,8-10H2,1-3H3/t11-,12+,15+,16-,17+,18-/m1/s1. The second-order valence-electron chi connectivity index (χ2n) is 7.50. The molecule has 3 heteroatoms. The van der Waals surface area contributed by atoms with Gasteiger partial charge in [-0.3, -0.25) is 0 Å². The molecular formula is C18H24O3. The van der Waals surface area contributed by atoms with Gasteiger partial charge in [0.05, 0.1) is 19.3 Å². The number of para-hydroxylation sites is 1. The van der Waals surface area contributed by atoms with Crippen molar-refractivity contribution in [1.29, 1.82) is 0 Å². The first kappa shape index (κ1) is 13.6. The molecule has 0 spiro atoms. The highest BCUT2D eigenvalue weighted by molar-refractivity contribution is 5.40. The van der Waals surface area contributed by atoms with E-state index in [1.807, 2.05) is 6.07 Å². The van der Waals surface area contributed by atoms with Gasteiger partial charge in [0, 0.05) is 16.9 Å². The Morgan fingerprint density at radius 3 is 2.81 bits per heavy atom. The lowest BCUT2D eigenvalue weighted by atomic mass is 9.50. The first-order valence-electron chi connectivity index (χ1n) is 8.02. The van der Waals surface area contributed by atoms with Crippen molar-refractivity contribution in [3.63, 3.8) is 0 Å². The fourth-order valence-corrected chi connectivity index (χ4v) is 5.29. The minimum Gasteiger partial charge on any atom is -0.487 e. The molecule has 0 radical (unpaired) electrons. The van der Waals surface area contributed by atoms with Crippen molar-refractivity contribution in [2.24, 2.45) is 23.2 Å². The molecular weight excluding hydrogens is 264 g/mol. The number of aliphatic hydroxyl groups is 1. The molecule has 0 unspecified atom stereocenters. The van der Waals surface area contributed by atoms with Gasteiger partial charge in [0.25, 0.3) is 0 Å². The van der Waals surface area contributed by atoms with E-state index in [4.69, 9.17) is 9.47 Å². The summed E-state index contributed by atoms with van der Waals surface area (Å²) in [6.45, 7) is 7.60. The molecule has 21 heavy (non-hydrogen) atoms. The van der Waals surface area contributed by atoms with E-state index in [-0.39, 0.29) is 23.7 Å². The first-order chi connectivity index (χ1) is 10.0. The van der Waals surface area contributed by atoms with Crippen molar-refractivity contribution >= 4 is 0 Å². The van der Waals surface area contributed by atoms with Crippen LogP contribution in [0.25, 0.3) is 0 Å². The number of ether oxygens (including phenoxy) is 2. The molecule has 6 atom stereocenters. The largest absolute Gasteiger partial charge is 0.487 e. The van der Waals surface area contributed by atoms with Crippen LogP contribution in [0.3, 0.4) is 0 Å². The summed E-state index contributed by atoms with van der Waals surface area (Å²) in [4.78, 5) is 0. The van der Waals surface area contributed by atoms with Gasteiger partial charge in [-0.15, -0.1) is 0 Å². The van der Waals surface area contributed by atoms with E-state index < -0.39 is 0 Å². The van der Waals surface area contributed by atoms with Crippen LogP contribution in [0, 0.1) is 23.2 Å². The van der Waals surface area contributed by atoms with Crippen LogP contribution in [0.2, 0.25) is 0 Å². The molecule has 3 aliphatic rings. The molecule has 1 N–H and O–H groups in total. The SMILES string of the molecule is C[C@@H]1C[C@]2(C)Oc3ccccc3[C@H]3OC[C@@]1(CO)[C@@H](C)[C@@H]32. The second kappa shape index (κ2) is 4.23. The Balaban J connectivity index is 1.87. The fraction of sp³-hybridized carbons (Fsp3) is 0.667. The smallest absolute Gasteiger partial charge is 0.125 e. The predicted molar refractivity (Wildman–Crippen MR) is 80.1 cm³/mol. The fourth-order valence-electron chi connectivity index (χ4n) is 5.29. The predicted octanol–water partition coefficient (Wildman–Crippen LogP) is 3.18. The topological polar surface area (TPSA) is 38.7 Å². The van der Waals surface area contributed by atoms with Crippen LogP contribution in [-0.2, 0) is 4.74 Å². The van der Waals surface area contributed by atoms with Gasteiger partial charge < -0.3 is 14.6 Å². The van der Waals surface area contributed by atoms with Crippen molar-refractivity contribution in [2.75, 3.05) is 13.2 Å². The Bertz CT molecular complexity index is 571. The van der Waals surface area contributed by atoms with E-state index in [9.17, 15) is 5.11 Å². The molecule has 1 aliphatic carbocycles. The van der Waals surface area contributed by atoms with Crippen molar-refractivity contribution in [1.82, 2.24) is 0 Å². The van der Waals surface area contributed by atoms with Crippen LogP contribution in [0.4, 0.5) is 0 Å². The van der Waals surface area contributed by atoms with Crippen LogP contribution in [0.15, 0.2) is 24.3 Å². The number of fused-ring (bicyclic) bond motifs is 3. The maximum Gasteiger partial charge on any atom is 0.125 e.